The van der Waals surface area contributed by atoms with E-state index in [9.17, 15) is 23.1 Å². The summed E-state index contributed by atoms with van der Waals surface area (Å²) < 4.78 is 26.5. The molecule has 8 nitrogen and oxygen atoms in total. The van der Waals surface area contributed by atoms with E-state index >= 15 is 0 Å². The summed E-state index contributed by atoms with van der Waals surface area (Å²) >= 11 is 0. The summed E-state index contributed by atoms with van der Waals surface area (Å²) in [5.41, 5.74) is 0.619. The first-order valence-electron chi connectivity index (χ1n) is 8.98. The monoisotopic (exact) mass is 381 g/mol. The fourth-order valence-electron chi connectivity index (χ4n) is 4.35. The molecule has 0 saturated heterocycles. The molecule has 0 atom stereocenters. The van der Waals surface area contributed by atoms with Gasteiger partial charge in [-0.25, -0.2) is 13.2 Å². The minimum absolute atomic E-state index is 0.0901. The van der Waals surface area contributed by atoms with Gasteiger partial charge in [-0.05, 0) is 38.0 Å². The zero-order valence-electron chi connectivity index (χ0n) is 14.9. The summed E-state index contributed by atoms with van der Waals surface area (Å²) in [6.45, 7) is 2.59. The van der Waals surface area contributed by atoms with E-state index in [0.717, 1.165) is 0 Å². The predicted molar refractivity (Wildman–Crippen MR) is 92.8 cm³/mol. The van der Waals surface area contributed by atoms with Gasteiger partial charge in [0.25, 0.3) is 5.91 Å². The van der Waals surface area contributed by atoms with E-state index in [-0.39, 0.29) is 29.1 Å². The van der Waals surface area contributed by atoms with Gasteiger partial charge in [0.2, 0.25) is 0 Å². The van der Waals surface area contributed by atoms with Gasteiger partial charge >= 0.3 is 5.97 Å². The van der Waals surface area contributed by atoms with E-state index in [0.29, 0.717) is 50.1 Å². The van der Waals surface area contributed by atoms with Crippen LogP contribution >= 0.6 is 0 Å². The number of fused-ring (bicyclic) bond motifs is 1. The molecule has 2 heterocycles. The number of hydrogen-bond donors (Lipinski definition) is 1. The number of aryl methyl sites for hydroxylation is 1. The van der Waals surface area contributed by atoms with E-state index < -0.39 is 20.6 Å². The van der Waals surface area contributed by atoms with E-state index in [1.165, 1.54) is 4.68 Å². The number of nitrogens with zero attached hydrogens (tertiary/aromatic N) is 3. The highest BCUT2D eigenvalue weighted by Crippen LogP contribution is 2.50. The second kappa shape index (κ2) is 5.55. The summed E-state index contributed by atoms with van der Waals surface area (Å²) in [4.78, 5) is 25.8. The lowest BCUT2D eigenvalue weighted by Crippen LogP contribution is -2.50. The number of carbonyl (C=O) groups is 2. The second-order valence-electron chi connectivity index (χ2n) is 8.01. The van der Waals surface area contributed by atoms with Gasteiger partial charge in [0.1, 0.15) is 5.69 Å². The Morgan fingerprint density at radius 1 is 1.35 bits per heavy atom. The number of rotatable bonds is 5. The molecule has 0 spiro atoms. The maximum atomic E-state index is 13.0. The number of carboxylic acid groups (broad SMARTS) is 1. The van der Waals surface area contributed by atoms with Crippen molar-refractivity contribution in [2.75, 3.05) is 13.1 Å². The lowest BCUT2D eigenvalue weighted by Gasteiger charge is -2.37. The highest BCUT2D eigenvalue weighted by Gasteiger charge is 2.59. The number of hydrogen-bond acceptors (Lipinski definition) is 5. The molecule has 1 aliphatic heterocycles. The first kappa shape index (κ1) is 17.5. The minimum atomic E-state index is -3.25. The molecule has 1 amide bonds. The van der Waals surface area contributed by atoms with Crippen molar-refractivity contribution in [2.24, 2.45) is 13.0 Å². The van der Waals surface area contributed by atoms with Crippen molar-refractivity contribution >= 4 is 21.7 Å². The van der Waals surface area contributed by atoms with Gasteiger partial charge < -0.3 is 10.0 Å². The van der Waals surface area contributed by atoms with Gasteiger partial charge in [-0.2, -0.15) is 5.10 Å². The molecule has 3 aliphatic rings. The molecule has 9 heteroatoms. The van der Waals surface area contributed by atoms with Gasteiger partial charge in [0.15, 0.2) is 15.5 Å². The van der Waals surface area contributed by atoms with Crippen LogP contribution in [-0.4, -0.2) is 63.2 Å². The summed E-state index contributed by atoms with van der Waals surface area (Å²) in [6, 6.07) is 0. The fraction of sp³-hybridized carbons (Fsp3) is 0.706. The van der Waals surface area contributed by atoms with Gasteiger partial charge in [-0.15, -0.1) is 0 Å². The summed E-state index contributed by atoms with van der Waals surface area (Å²) in [7, 11) is -1.70. The van der Waals surface area contributed by atoms with Gasteiger partial charge in [0.05, 0.1) is 10.00 Å². The van der Waals surface area contributed by atoms with E-state index in [2.05, 4.69) is 12.0 Å². The van der Waals surface area contributed by atoms with Crippen LogP contribution in [0.2, 0.25) is 0 Å². The third-order valence-corrected chi connectivity index (χ3v) is 9.14. The highest BCUT2D eigenvalue weighted by molar-refractivity contribution is 7.93. The van der Waals surface area contributed by atoms with Crippen molar-refractivity contribution in [3.8, 4) is 0 Å². The molecule has 4 rings (SSSR count). The summed E-state index contributed by atoms with van der Waals surface area (Å²) in [6.07, 6.45) is 3.01. The normalized spacial score (nSPS) is 27.0. The molecule has 142 valence electrons. The lowest BCUT2D eigenvalue weighted by atomic mass is 9.87. The third kappa shape index (κ3) is 2.39. The van der Waals surface area contributed by atoms with Crippen molar-refractivity contribution in [1.82, 2.24) is 14.7 Å². The Morgan fingerprint density at radius 2 is 2.00 bits per heavy atom. The van der Waals surface area contributed by atoms with Gasteiger partial charge in [-0.1, -0.05) is 6.92 Å². The summed E-state index contributed by atoms with van der Waals surface area (Å²) in [5, 5.41) is 12.9. The smallest absolute Gasteiger partial charge is 0.356 e. The van der Waals surface area contributed by atoms with E-state index in [1.807, 2.05) is 0 Å². The Bertz CT molecular complexity index is 894. The Hall–Kier alpha value is -1.90. The number of aromatic nitrogens is 2. The first-order chi connectivity index (χ1) is 12.2. The standard InChI is InChI=1S/C17H23N3O5S/c1-10-7-11(8-10)26(24,25)17(4-5-17)9-20-6-3-12-13(16(22)23)18-19(2)14(12)15(20)21/h10-11H,3-9H2,1-2H3,(H,22,23)/t10-,11-. The number of amides is 1. The van der Waals surface area contributed by atoms with Gasteiger partial charge in [-0.3, -0.25) is 9.48 Å². The number of carbonyl (C=O) groups excluding carboxylic acids is 1. The van der Waals surface area contributed by atoms with Crippen molar-refractivity contribution in [3.63, 3.8) is 0 Å². The second-order valence-corrected chi connectivity index (χ2v) is 10.6. The molecule has 1 N–H and O–H groups in total. The molecular formula is C17H23N3O5S. The lowest BCUT2D eigenvalue weighted by molar-refractivity contribution is 0.0688. The predicted octanol–water partition coefficient (Wildman–Crippen LogP) is 0.862. The van der Waals surface area contributed by atoms with Crippen molar-refractivity contribution < 1.29 is 23.1 Å². The number of sulfone groups is 1. The van der Waals surface area contributed by atoms with Crippen LogP contribution in [0.15, 0.2) is 0 Å². The topological polar surface area (TPSA) is 110 Å². The SMILES string of the molecule is Cn1nc(C(=O)O)c2c1C(=O)N(CC1(S(=O)(=O)[C@H]3C[C@H](C)C3)CC1)CC2. The molecule has 2 fully saturated rings. The Labute approximate surface area is 152 Å². The molecule has 0 bridgehead atoms. The van der Waals surface area contributed by atoms with E-state index in [4.69, 9.17) is 0 Å². The summed E-state index contributed by atoms with van der Waals surface area (Å²) in [5.74, 6) is -1.02. The van der Waals surface area contributed by atoms with Crippen LogP contribution in [0.25, 0.3) is 0 Å². The van der Waals surface area contributed by atoms with Crippen molar-refractivity contribution in [2.45, 2.75) is 49.0 Å². The highest BCUT2D eigenvalue weighted by atomic mass is 32.2. The van der Waals surface area contributed by atoms with Crippen LogP contribution in [0.4, 0.5) is 0 Å². The van der Waals surface area contributed by atoms with Crippen LogP contribution < -0.4 is 0 Å². The molecule has 0 aromatic carbocycles. The largest absolute Gasteiger partial charge is 0.476 e. The molecule has 1 aromatic heterocycles. The van der Waals surface area contributed by atoms with Crippen LogP contribution in [0.5, 0.6) is 0 Å². The minimum Gasteiger partial charge on any atom is -0.476 e. The van der Waals surface area contributed by atoms with Crippen LogP contribution in [-0.2, 0) is 23.3 Å². The quantitative estimate of drug-likeness (QED) is 0.810. The fourth-order valence-corrected chi connectivity index (χ4v) is 7.23. The zero-order chi connectivity index (χ0) is 18.9. The Kier molecular flexibility index (Phi) is 3.74. The van der Waals surface area contributed by atoms with Crippen molar-refractivity contribution in [1.29, 1.82) is 0 Å². The molecule has 1 aromatic rings. The van der Waals surface area contributed by atoms with Crippen molar-refractivity contribution in [3.05, 3.63) is 17.0 Å². The third-order valence-electron chi connectivity index (χ3n) is 6.13. The maximum absolute atomic E-state index is 13.0. The van der Waals surface area contributed by atoms with E-state index in [1.54, 1.807) is 11.9 Å². The Morgan fingerprint density at radius 3 is 2.54 bits per heavy atom. The molecule has 2 aliphatic carbocycles. The van der Waals surface area contributed by atoms with Gasteiger partial charge in [0, 0.05) is 25.7 Å². The molecule has 26 heavy (non-hydrogen) atoms. The Balaban J connectivity index is 1.57. The average Bonchev–Trinajstić information content (AvgIpc) is 3.25. The number of carboxylic acids is 1. The molecule has 0 unspecified atom stereocenters. The average molecular weight is 381 g/mol. The van der Waals surface area contributed by atoms with Crippen LogP contribution in [0, 0.1) is 5.92 Å². The molecule has 2 saturated carbocycles. The zero-order valence-corrected chi connectivity index (χ0v) is 15.8. The maximum Gasteiger partial charge on any atom is 0.356 e. The first-order valence-corrected chi connectivity index (χ1v) is 10.5. The van der Waals surface area contributed by atoms with Crippen LogP contribution in [0.3, 0.4) is 0 Å². The van der Waals surface area contributed by atoms with Crippen LogP contribution in [0.1, 0.15) is 59.1 Å². The number of aromatic carboxylic acids is 1. The molecular weight excluding hydrogens is 358 g/mol. The molecule has 0 radical (unpaired) electrons.